The Kier molecular flexibility index (Phi) is 7.06. The van der Waals surface area contributed by atoms with E-state index in [2.05, 4.69) is 0 Å². The van der Waals surface area contributed by atoms with Gasteiger partial charge in [0.25, 0.3) is 0 Å². The van der Waals surface area contributed by atoms with Gasteiger partial charge < -0.3 is 9.39 Å². The fraction of sp³-hybridized carbons (Fsp3) is 0.0690. The van der Waals surface area contributed by atoms with Crippen molar-refractivity contribution in [2.45, 2.75) is 6.92 Å². The van der Waals surface area contributed by atoms with Crippen LogP contribution in [0.2, 0.25) is 0 Å². The molecular weight excluding hydrogens is 407 g/mol. The Hall–Kier alpha value is -4.05. The Labute approximate surface area is 195 Å². The number of rotatable bonds is 8. The average Bonchev–Trinajstić information content (AvgIpc) is 2.88. The zero-order valence-electron chi connectivity index (χ0n) is 18.8. The highest BCUT2D eigenvalue weighted by molar-refractivity contribution is 6.80. The highest BCUT2D eigenvalue weighted by Gasteiger charge is 2.25. The van der Waals surface area contributed by atoms with Crippen molar-refractivity contribution in [3.05, 3.63) is 132 Å². The lowest BCUT2D eigenvalue weighted by Crippen LogP contribution is -2.44. The van der Waals surface area contributed by atoms with E-state index in [0.29, 0.717) is 17.1 Å². The molecule has 0 heterocycles. The lowest BCUT2D eigenvalue weighted by molar-refractivity contribution is 0.104. The lowest BCUT2D eigenvalue weighted by Gasteiger charge is -2.20. The average molecular weight is 432 g/mol. The Balaban J connectivity index is 1.75. The number of aryl methyl sites for hydroxylation is 1. The van der Waals surface area contributed by atoms with Gasteiger partial charge >= 0.3 is 6.92 Å². The summed E-state index contributed by atoms with van der Waals surface area (Å²) in [5.74, 6) is 1.10. The molecule has 0 amide bonds. The van der Waals surface area contributed by atoms with E-state index < -0.39 is 0 Å². The monoisotopic (exact) mass is 432 g/mol. The number of hydrogen-bond donors (Lipinski definition) is 0. The minimum atomic E-state index is -0.358. The molecule has 0 spiro atoms. The number of allylic oxidation sites excluding steroid dienone is 1. The maximum Gasteiger partial charge on any atom is 0.426 e. The molecule has 0 bridgehead atoms. The molecule has 162 valence electrons. The van der Waals surface area contributed by atoms with Crippen LogP contribution in [0.1, 0.15) is 21.5 Å². The van der Waals surface area contributed by atoms with E-state index in [1.165, 1.54) is 0 Å². The van der Waals surface area contributed by atoms with Crippen LogP contribution in [0.25, 0.3) is 5.76 Å². The van der Waals surface area contributed by atoms with Crippen molar-refractivity contribution in [3.8, 4) is 5.75 Å². The number of carbonyl (C=O) groups excluding carboxylic acids is 1. The van der Waals surface area contributed by atoms with Crippen LogP contribution in [-0.4, -0.2) is 19.8 Å². The van der Waals surface area contributed by atoms with Gasteiger partial charge in [-0.15, -0.1) is 0 Å². The molecule has 0 N–H and O–H groups in total. The molecule has 0 unspecified atom stereocenters. The molecule has 0 aromatic heterocycles. The smallest absolute Gasteiger partial charge is 0.426 e. The molecule has 0 aliphatic rings. The third-order valence-corrected chi connectivity index (χ3v) is 5.42. The van der Waals surface area contributed by atoms with Crippen LogP contribution in [0, 0.1) is 6.92 Å². The van der Waals surface area contributed by atoms with Crippen molar-refractivity contribution in [3.63, 3.8) is 0 Å². The van der Waals surface area contributed by atoms with Crippen LogP contribution in [0.15, 0.2) is 115 Å². The fourth-order valence-corrected chi connectivity index (χ4v) is 3.57. The molecule has 33 heavy (non-hydrogen) atoms. The van der Waals surface area contributed by atoms with Gasteiger partial charge in [0.1, 0.15) is 11.5 Å². The minimum absolute atomic E-state index is 0.131. The Bertz CT molecular complexity index is 1180. The van der Waals surface area contributed by atoms with E-state index in [0.717, 1.165) is 22.1 Å². The molecular formula is C29H25BO3. The predicted molar refractivity (Wildman–Crippen MR) is 135 cm³/mol. The van der Waals surface area contributed by atoms with Crippen LogP contribution < -0.4 is 15.7 Å². The van der Waals surface area contributed by atoms with Gasteiger partial charge in [-0.2, -0.15) is 0 Å². The zero-order valence-corrected chi connectivity index (χ0v) is 18.8. The van der Waals surface area contributed by atoms with Crippen LogP contribution in [0.4, 0.5) is 0 Å². The summed E-state index contributed by atoms with van der Waals surface area (Å²) in [5.41, 5.74) is 4.58. The molecule has 0 saturated heterocycles. The maximum atomic E-state index is 13.2. The van der Waals surface area contributed by atoms with Gasteiger partial charge in [-0.25, -0.2) is 0 Å². The van der Waals surface area contributed by atoms with Crippen LogP contribution in [0.3, 0.4) is 0 Å². The summed E-state index contributed by atoms with van der Waals surface area (Å²) in [4.78, 5) is 13.2. The lowest BCUT2D eigenvalue weighted by atomic mass is 9.55. The van der Waals surface area contributed by atoms with Crippen LogP contribution in [-0.2, 0) is 4.65 Å². The van der Waals surface area contributed by atoms with Gasteiger partial charge in [0.2, 0.25) is 0 Å². The molecule has 3 nitrogen and oxygen atoms in total. The summed E-state index contributed by atoms with van der Waals surface area (Å²) >= 11 is 0. The van der Waals surface area contributed by atoms with Gasteiger partial charge in [0, 0.05) is 17.2 Å². The highest BCUT2D eigenvalue weighted by atomic mass is 16.5. The normalized spacial score (nSPS) is 11.0. The molecule has 0 radical (unpaired) electrons. The second-order valence-electron chi connectivity index (χ2n) is 7.79. The SMILES string of the molecule is COc1ccc(C(=O)/C=C(\OB(c2ccccc2)c2ccccc2)c2ccc(C)cc2)cc1. The predicted octanol–water partition coefficient (Wildman–Crippen LogP) is 5.05. The number of ketones is 1. The van der Waals surface area contributed by atoms with Gasteiger partial charge in [0.05, 0.1) is 7.11 Å². The maximum absolute atomic E-state index is 13.2. The van der Waals surface area contributed by atoms with E-state index in [1.54, 1.807) is 37.5 Å². The molecule has 0 fully saturated rings. The summed E-state index contributed by atoms with van der Waals surface area (Å²) in [6.07, 6.45) is 1.57. The number of carbonyl (C=O) groups is 1. The Morgan fingerprint density at radius 1 is 0.697 bits per heavy atom. The van der Waals surface area contributed by atoms with Crippen molar-refractivity contribution in [2.24, 2.45) is 0 Å². The largest absolute Gasteiger partial charge is 0.551 e. The van der Waals surface area contributed by atoms with E-state index in [4.69, 9.17) is 9.39 Å². The second-order valence-corrected chi connectivity index (χ2v) is 7.79. The third kappa shape index (κ3) is 5.61. The van der Waals surface area contributed by atoms with E-state index in [-0.39, 0.29) is 12.7 Å². The van der Waals surface area contributed by atoms with Crippen molar-refractivity contribution in [1.82, 2.24) is 0 Å². The fourth-order valence-electron chi connectivity index (χ4n) is 3.57. The summed E-state index contributed by atoms with van der Waals surface area (Å²) in [6, 6.07) is 35.2. The summed E-state index contributed by atoms with van der Waals surface area (Å²) in [7, 11) is 1.60. The molecule has 0 atom stereocenters. The second kappa shape index (κ2) is 10.5. The molecule has 4 aromatic rings. The van der Waals surface area contributed by atoms with E-state index >= 15 is 0 Å². The Morgan fingerprint density at radius 3 is 1.73 bits per heavy atom. The summed E-state index contributed by atoms with van der Waals surface area (Å²) in [5, 5.41) is 0. The molecule has 0 saturated carbocycles. The number of ether oxygens (including phenoxy) is 1. The van der Waals surface area contributed by atoms with Gasteiger partial charge in [-0.3, -0.25) is 4.79 Å². The minimum Gasteiger partial charge on any atom is -0.551 e. The number of hydrogen-bond acceptors (Lipinski definition) is 3. The van der Waals surface area contributed by atoms with E-state index in [9.17, 15) is 4.79 Å². The van der Waals surface area contributed by atoms with Crippen molar-refractivity contribution in [1.29, 1.82) is 0 Å². The first-order valence-electron chi connectivity index (χ1n) is 10.9. The molecule has 0 aliphatic carbocycles. The molecule has 4 rings (SSSR count). The van der Waals surface area contributed by atoms with Gasteiger partial charge in [-0.05, 0) is 42.1 Å². The topological polar surface area (TPSA) is 35.5 Å². The first kappa shape index (κ1) is 22.2. The third-order valence-electron chi connectivity index (χ3n) is 5.42. The summed E-state index contributed by atoms with van der Waals surface area (Å²) < 4.78 is 11.8. The highest BCUT2D eigenvalue weighted by Crippen LogP contribution is 2.20. The van der Waals surface area contributed by atoms with E-state index in [1.807, 2.05) is 91.9 Å². The Morgan fingerprint density at radius 2 is 1.21 bits per heavy atom. The van der Waals surface area contributed by atoms with Crippen molar-refractivity contribution < 1.29 is 14.2 Å². The number of benzene rings is 4. The van der Waals surface area contributed by atoms with Gasteiger partial charge in [0.15, 0.2) is 5.78 Å². The molecule has 0 aliphatic heterocycles. The quantitative estimate of drug-likeness (QED) is 0.169. The van der Waals surface area contributed by atoms with Crippen LogP contribution in [0.5, 0.6) is 5.75 Å². The molecule has 4 heteroatoms. The van der Waals surface area contributed by atoms with Gasteiger partial charge in [-0.1, -0.05) is 90.5 Å². The van der Waals surface area contributed by atoms with Crippen LogP contribution >= 0.6 is 0 Å². The zero-order chi connectivity index (χ0) is 23.0. The summed E-state index contributed by atoms with van der Waals surface area (Å²) in [6.45, 7) is 1.68. The number of methoxy groups -OCH3 is 1. The molecule has 4 aromatic carbocycles. The first-order valence-corrected chi connectivity index (χ1v) is 10.9. The first-order chi connectivity index (χ1) is 16.1. The van der Waals surface area contributed by atoms with Crippen molar-refractivity contribution in [2.75, 3.05) is 7.11 Å². The standard InChI is InChI=1S/C29H25BO3/c1-22-13-15-24(16-14-22)29(21-28(31)23-17-19-27(32-2)20-18-23)33-30(25-9-5-3-6-10-25)26-11-7-4-8-12-26/h3-21H,1-2H3/b29-21-. The van der Waals surface area contributed by atoms with Crippen molar-refractivity contribution >= 4 is 29.4 Å².